The molecule has 0 amide bonds. The molecular weight excluding hydrogens is 304 g/mol. The summed E-state index contributed by atoms with van der Waals surface area (Å²) in [5.74, 6) is 0.819. The van der Waals surface area contributed by atoms with E-state index in [4.69, 9.17) is 18.7 Å². The molecule has 0 aliphatic carbocycles. The summed E-state index contributed by atoms with van der Waals surface area (Å²) in [6, 6.07) is 7.52. The zero-order valence-corrected chi connectivity index (χ0v) is 12.0. The second-order valence-corrected chi connectivity index (χ2v) is 2.72. The van der Waals surface area contributed by atoms with Crippen LogP contribution in [0.3, 0.4) is 0 Å². The van der Waals surface area contributed by atoms with Crippen LogP contribution >= 0.6 is 0 Å². The van der Waals surface area contributed by atoms with Gasteiger partial charge in [0, 0.05) is 23.5 Å². The van der Waals surface area contributed by atoms with Crippen molar-refractivity contribution in [2.24, 2.45) is 0 Å². The molecule has 0 aliphatic rings. The van der Waals surface area contributed by atoms with E-state index in [1.807, 2.05) is 24.3 Å². The van der Waals surface area contributed by atoms with Crippen molar-refractivity contribution in [1.29, 1.82) is 0 Å². The molecule has 6 heteroatoms. The molecule has 0 N–H and O–H groups in total. The molecule has 0 atom stereocenters. The zero-order valence-electron chi connectivity index (χ0n) is 10.9. The normalized spacial score (nSPS) is 7.10. The Bertz CT molecular complexity index is 340. The van der Waals surface area contributed by atoms with Crippen molar-refractivity contribution in [2.75, 3.05) is 7.11 Å². The summed E-state index contributed by atoms with van der Waals surface area (Å²) in [5.41, 5.74) is 0.996. The van der Waals surface area contributed by atoms with Crippen LogP contribution in [0, 0.1) is 38.9 Å². The van der Waals surface area contributed by atoms with Crippen LogP contribution in [0.15, 0.2) is 24.3 Å². The molecule has 4 radical (unpaired) electrons. The summed E-state index contributed by atoms with van der Waals surface area (Å²) < 4.78 is 27.5. The topological polar surface area (TPSA) is 88.8 Å². The van der Waals surface area contributed by atoms with Crippen molar-refractivity contribution in [3.63, 3.8) is 0 Å². The van der Waals surface area contributed by atoms with E-state index in [1.54, 1.807) is 20.0 Å². The Morgan fingerprint density at radius 2 is 1.45 bits per heavy atom. The maximum atomic E-state index is 10.6. The van der Waals surface area contributed by atoms with Crippen LogP contribution in [0.2, 0.25) is 0 Å². The molecule has 20 heavy (non-hydrogen) atoms. The third-order valence-corrected chi connectivity index (χ3v) is 1.63. The van der Waals surface area contributed by atoms with Gasteiger partial charge in [0.15, 0.2) is 0 Å². The van der Waals surface area contributed by atoms with Gasteiger partial charge in [0.1, 0.15) is 11.9 Å². The van der Waals surface area contributed by atoms with Crippen molar-refractivity contribution in [1.82, 2.24) is 0 Å². The number of rotatable bonds is 4. The van der Waals surface area contributed by atoms with Gasteiger partial charge >= 0.3 is 33.9 Å². The minimum atomic E-state index is 0. The molecule has 1 aromatic rings. The summed E-state index contributed by atoms with van der Waals surface area (Å²) in [4.78, 5) is 0. The molecule has 0 unspecified atom stereocenters. The number of hydrogen-bond donors (Lipinski definition) is 0. The first kappa shape index (κ1) is 27.1. The Morgan fingerprint density at radius 3 is 1.75 bits per heavy atom. The van der Waals surface area contributed by atoms with Crippen LogP contribution in [0.5, 0.6) is 5.75 Å². The molecule has 0 saturated carbocycles. The SMILES string of the molecule is COc1ccc([CH][CH][C](C)[O])cc1.[C-]#[O+].[C-]#[O+].[C-]#[O+].[Fe]. The van der Waals surface area contributed by atoms with Crippen LogP contribution in [0.1, 0.15) is 12.5 Å². The second kappa shape index (κ2) is 22.9. The van der Waals surface area contributed by atoms with E-state index in [0.717, 1.165) is 11.3 Å². The average molecular weight is 316 g/mol. The molecule has 0 aromatic heterocycles. The maximum absolute atomic E-state index is 10.6. The monoisotopic (exact) mass is 316 g/mol. The first-order valence-electron chi connectivity index (χ1n) is 4.66. The standard InChI is InChI=1S/C11H12O2.3CO.Fe/c1-9(12)3-4-10-5-7-11(13-2)8-6-10;3*1-2;/h3-8H,1-2H3;;;;. The van der Waals surface area contributed by atoms with E-state index >= 15 is 0 Å². The Labute approximate surface area is 130 Å². The molecule has 106 valence electrons. The number of methoxy groups -OCH3 is 1. The van der Waals surface area contributed by atoms with Gasteiger partial charge in [-0.25, -0.2) is 5.11 Å². The van der Waals surface area contributed by atoms with E-state index in [1.165, 1.54) is 6.92 Å². The minimum absolute atomic E-state index is 0. The van der Waals surface area contributed by atoms with Crippen LogP contribution in [-0.4, -0.2) is 7.11 Å². The van der Waals surface area contributed by atoms with Gasteiger partial charge in [-0.15, -0.1) is 0 Å². The van der Waals surface area contributed by atoms with Gasteiger partial charge in [0.25, 0.3) is 0 Å². The Hall–Kier alpha value is -1.28. The smallest absolute Gasteiger partial charge is 0 e. The first-order valence-corrected chi connectivity index (χ1v) is 4.66. The number of benzene rings is 1. The van der Waals surface area contributed by atoms with Gasteiger partial charge in [0.05, 0.1) is 7.11 Å². The molecular formula is C14H12FeO5. The molecule has 5 nitrogen and oxygen atoms in total. The summed E-state index contributed by atoms with van der Waals surface area (Å²) >= 11 is 0. The van der Waals surface area contributed by atoms with Gasteiger partial charge < -0.3 is 4.74 Å². The van der Waals surface area contributed by atoms with E-state index < -0.39 is 0 Å². The van der Waals surface area contributed by atoms with Crippen molar-refractivity contribution in [3.8, 4) is 5.75 Å². The fraction of sp³-hybridized carbons (Fsp3) is 0.143. The summed E-state index contributed by atoms with van der Waals surface area (Å²) in [5, 5.41) is 10.6. The third-order valence-electron chi connectivity index (χ3n) is 1.63. The Morgan fingerprint density at radius 1 is 1.05 bits per heavy atom. The summed E-state index contributed by atoms with van der Waals surface area (Å²) in [7, 11) is 1.63. The molecule has 0 heterocycles. The fourth-order valence-corrected chi connectivity index (χ4v) is 0.929. The van der Waals surface area contributed by atoms with E-state index in [-0.39, 0.29) is 23.2 Å². The Kier molecular flexibility index (Phi) is 31.0. The second-order valence-electron chi connectivity index (χ2n) is 2.72. The third kappa shape index (κ3) is 16.7. The van der Waals surface area contributed by atoms with E-state index in [2.05, 4.69) is 20.0 Å². The zero-order chi connectivity index (χ0) is 15.7. The molecule has 1 aromatic carbocycles. The van der Waals surface area contributed by atoms with Crippen LogP contribution in [0.4, 0.5) is 0 Å². The quantitative estimate of drug-likeness (QED) is 0.476. The largest absolute Gasteiger partial charge is 0 e. The van der Waals surface area contributed by atoms with Crippen molar-refractivity contribution < 1.29 is 40.9 Å². The fourth-order valence-electron chi connectivity index (χ4n) is 0.929. The predicted octanol–water partition coefficient (Wildman–Crippen LogP) is 2.32. The van der Waals surface area contributed by atoms with Crippen LogP contribution in [0.25, 0.3) is 0 Å². The van der Waals surface area contributed by atoms with Gasteiger partial charge in [0.2, 0.25) is 0 Å². The number of hydrogen-bond acceptors (Lipinski definition) is 1. The van der Waals surface area contributed by atoms with Crippen molar-refractivity contribution in [3.05, 3.63) is 68.7 Å². The Balaban J connectivity index is -0.000000162. The first-order chi connectivity index (χ1) is 9.22. The van der Waals surface area contributed by atoms with Gasteiger partial charge in [-0.05, 0) is 31.0 Å². The van der Waals surface area contributed by atoms with Crippen LogP contribution in [-0.2, 0) is 36.1 Å². The van der Waals surface area contributed by atoms with Gasteiger partial charge in [-0.1, -0.05) is 12.1 Å². The van der Waals surface area contributed by atoms with Crippen LogP contribution < -0.4 is 4.74 Å². The number of ether oxygens (including phenoxy) is 1. The maximum Gasteiger partial charge on any atom is 0 e. The molecule has 0 spiro atoms. The summed E-state index contributed by atoms with van der Waals surface area (Å²) in [6.45, 7) is 15.0. The predicted molar refractivity (Wildman–Crippen MR) is 62.1 cm³/mol. The molecule has 1 rings (SSSR count). The van der Waals surface area contributed by atoms with E-state index in [9.17, 15) is 5.11 Å². The van der Waals surface area contributed by atoms with Crippen molar-refractivity contribution in [2.45, 2.75) is 6.92 Å². The van der Waals surface area contributed by atoms with E-state index in [0.29, 0.717) is 0 Å². The molecule has 0 fully saturated rings. The average Bonchev–Trinajstić information content (AvgIpc) is 2.51. The van der Waals surface area contributed by atoms with Crippen molar-refractivity contribution >= 4 is 0 Å². The molecule has 0 saturated heterocycles. The van der Waals surface area contributed by atoms with Gasteiger partial charge in [-0.3, -0.25) is 0 Å². The molecule has 0 aliphatic heterocycles. The molecule has 0 bridgehead atoms. The summed E-state index contributed by atoms with van der Waals surface area (Å²) in [6.07, 6.45) is 3.37. The minimum Gasteiger partial charge on any atom is 0 e. The van der Waals surface area contributed by atoms with Gasteiger partial charge in [-0.2, -0.15) is 0 Å².